The minimum absolute atomic E-state index is 0.180. The lowest BCUT2D eigenvalue weighted by molar-refractivity contribution is 0.263. The van der Waals surface area contributed by atoms with Gasteiger partial charge in [0.25, 0.3) is 0 Å². The van der Waals surface area contributed by atoms with Crippen LogP contribution in [-0.2, 0) is 0 Å². The predicted molar refractivity (Wildman–Crippen MR) is 41.1 cm³/mol. The zero-order valence-electron chi connectivity index (χ0n) is 5.74. The van der Waals surface area contributed by atoms with Crippen LogP contribution in [0.5, 0.6) is 0 Å². The first kappa shape index (κ1) is 8.39. The fourth-order valence-corrected chi connectivity index (χ4v) is 0.754. The van der Waals surface area contributed by atoms with Gasteiger partial charge in [-0.3, -0.25) is 0 Å². The molecule has 1 aromatic rings. The van der Waals surface area contributed by atoms with Gasteiger partial charge in [0.15, 0.2) is 0 Å². The first-order chi connectivity index (χ1) is 5.24. The monoisotopic (exact) mass is 173 g/mol. The van der Waals surface area contributed by atoms with Gasteiger partial charge in [-0.25, -0.2) is 9.97 Å². The highest BCUT2D eigenvalue weighted by molar-refractivity contribution is 6.29. The normalized spacial score (nSPS) is 13.0. The summed E-state index contributed by atoms with van der Waals surface area (Å²) in [5, 5.41) is 8.96. The summed E-state index contributed by atoms with van der Waals surface area (Å²) in [6.07, 6.45) is 1.50. The Balaban J connectivity index is 2.86. The highest BCUT2D eigenvalue weighted by Crippen LogP contribution is 2.06. The van der Waals surface area contributed by atoms with E-state index in [-0.39, 0.29) is 6.61 Å². The van der Waals surface area contributed by atoms with Crippen LogP contribution in [0.4, 0.5) is 0 Å². The molecule has 1 heterocycles. The molecule has 3 N–H and O–H groups in total. The molecule has 0 spiro atoms. The topological polar surface area (TPSA) is 72.0 Å². The van der Waals surface area contributed by atoms with Crippen molar-refractivity contribution >= 4 is 11.6 Å². The third-order valence-electron chi connectivity index (χ3n) is 1.17. The summed E-state index contributed by atoms with van der Waals surface area (Å²) in [6.45, 7) is -0.180. The molecule has 0 aliphatic rings. The SMILES string of the molecule is NC(CO)c1nccc(Cl)n1. The number of hydrogen-bond donors (Lipinski definition) is 2. The van der Waals surface area contributed by atoms with E-state index in [1.165, 1.54) is 6.20 Å². The van der Waals surface area contributed by atoms with Crippen LogP contribution in [0.15, 0.2) is 12.3 Å². The minimum atomic E-state index is -0.548. The lowest BCUT2D eigenvalue weighted by Crippen LogP contribution is -2.17. The number of aliphatic hydroxyl groups is 1. The Labute approximate surface area is 69.0 Å². The summed E-state index contributed by atoms with van der Waals surface area (Å²) in [4.78, 5) is 7.64. The van der Waals surface area contributed by atoms with Crippen molar-refractivity contribution < 1.29 is 5.11 Å². The lowest BCUT2D eigenvalue weighted by Gasteiger charge is -2.04. The van der Waals surface area contributed by atoms with E-state index in [9.17, 15) is 0 Å². The third kappa shape index (κ3) is 2.11. The molecular weight excluding hydrogens is 166 g/mol. The number of aromatic nitrogens is 2. The molecule has 0 saturated carbocycles. The maximum atomic E-state index is 8.63. The number of nitrogens with zero attached hydrogens (tertiary/aromatic N) is 2. The summed E-state index contributed by atoms with van der Waals surface area (Å²) < 4.78 is 0. The van der Waals surface area contributed by atoms with Gasteiger partial charge in [0.1, 0.15) is 11.0 Å². The van der Waals surface area contributed by atoms with E-state index in [0.29, 0.717) is 11.0 Å². The van der Waals surface area contributed by atoms with Crippen LogP contribution in [-0.4, -0.2) is 21.7 Å². The first-order valence-corrected chi connectivity index (χ1v) is 3.46. The molecule has 0 aromatic carbocycles. The maximum Gasteiger partial charge on any atom is 0.149 e. The Hall–Kier alpha value is -0.710. The third-order valence-corrected chi connectivity index (χ3v) is 1.38. The molecule has 0 aliphatic carbocycles. The van der Waals surface area contributed by atoms with Gasteiger partial charge < -0.3 is 10.8 Å². The van der Waals surface area contributed by atoms with E-state index in [2.05, 4.69) is 9.97 Å². The summed E-state index contributed by atoms with van der Waals surface area (Å²) in [5.41, 5.74) is 5.43. The zero-order chi connectivity index (χ0) is 8.27. The Morgan fingerprint density at radius 3 is 3.00 bits per heavy atom. The Bertz CT molecular complexity index is 243. The molecule has 1 aromatic heterocycles. The van der Waals surface area contributed by atoms with E-state index in [1.54, 1.807) is 6.07 Å². The zero-order valence-corrected chi connectivity index (χ0v) is 6.49. The van der Waals surface area contributed by atoms with Crippen molar-refractivity contribution in [1.29, 1.82) is 0 Å². The van der Waals surface area contributed by atoms with Gasteiger partial charge in [-0.1, -0.05) is 11.6 Å². The van der Waals surface area contributed by atoms with Gasteiger partial charge in [0, 0.05) is 6.20 Å². The molecule has 0 aliphatic heterocycles. The molecule has 1 atom stereocenters. The highest BCUT2D eigenvalue weighted by Gasteiger charge is 2.06. The average Bonchev–Trinajstić information content (AvgIpc) is 2.03. The quantitative estimate of drug-likeness (QED) is 0.624. The van der Waals surface area contributed by atoms with Crippen LogP contribution >= 0.6 is 11.6 Å². The fraction of sp³-hybridized carbons (Fsp3) is 0.333. The average molecular weight is 174 g/mol. The molecule has 1 rings (SSSR count). The van der Waals surface area contributed by atoms with E-state index in [1.807, 2.05) is 0 Å². The fourth-order valence-electron chi connectivity index (χ4n) is 0.611. The Morgan fingerprint density at radius 1 is 1.73 bits per heavy atom. The second-order valence-corrected chi connectivity index (χ2v) is 2.41. The summed E-state index contributed by atoms with van der Waals surface area (Å²) in [6, 6.07) is 1.00. The summed E-state index contributed by atoms with van der Waals surface area (Å²) >= 11 is 5.56. The molecule has 0 fully saturated rings. The van der Waals surface area contributed by atoms with Crippen molar-refractivity contribution in [3.63, 3.8) is 0 Å². The highest BCUT2D eigenvalue weighted by atomic mass is 35.5. The molecule has 11 heavy (non-hydrogen) atoms. The number of halogens is 1. The van der Waals surface area contributed by atoms with Crippen LogP contribution in [0.3, 0.4) is 0 Å². The molecule has 0 bridgehead atoms. The largest absolute Gasteiger partial charge is 0.394 e. The molecule has 0 radical (unpaired) electrons. The van der Waals surface area contributed by atoms with Crippen LogP contribution in [0.1, 0.15) is 11.9 Å². The molecule has 5 heteroatoms. The lowest BCUT2D eigenvalue weighted by atomic mass is 10.3. The van der Waals surface area contributed by atoms with Crippen LogP contribution < -0.4 is 5.73 Å². The smallest absolute Gasteiger partial charge is 0.149 e. The molecule has 1 unspecified atom stereocenters. The van der Waals surface area contributed by atoms with E-state index in [0.717, 1.165) is 0 Å². The van der Waals surface area contributed by atoms with Crippen molar-refractivity contribution in [3.8, 4) is 0 Å². The van der Waals surface area contributed by atoms with Crippen molar-refractivity contribution in [1.82, 2.24) is 9.97 Å². The predicted octanol–water partition coefficient (Wildman–Crippen LogP) is 0.122. The van der Waals surface area contributed by atoms with Crippen molar-refractivity contribution in [2.75, 3.05) is 6.61 Å². The number of hydrogen-bond acceptors (Lipinski definition) is 4. The summed E-state index contributed by atoms with van der Waals surface area (Å²) in [5.74, 6) is 0.361. The van der Waals surface area contributed by atoms with Gasteiger partial charge in [-0.05, 0) is 6.07 Å². The van der Waals surface area contributed by atoms with Gasteiger partial charge in [-0.2, -0.15) is 0 Å². The van der Waals surface area contributed by atoms with Crippen LogP contribution in [0.25, 0.3) is 0 Å². The molecule has 4 nitrogen and oxygen atoms in total. The van der Waals surface area contributed by atoms with Gasteiger partial charge >= 0.3 is 0 Å². The molecule has 60 valence electrons. The maximum absolute atomic E-state index is 8.63. The van der Waals surface area contributed by atoms with E-state index in [4.69, 9.17) is 22.4 Å². The van der Waals surface area contributed by atoms with Gasteiger partial charge in [0.05, 0.1) is 12.6 Å². The second kappa shape index (κ2) is 3.61. The molecule has 0 amide bonds. The van der Waals surface area contributed by atoms with Gasteiger partial charge in [0.2, 0.25) is 0 Å². The Kier molecular flexibility index (Phi) is 2.76. The van der Waals surface area contributed by atoms with Crippen molar-refractivity contribution in [2.45, 2.75) is 6.04 Å². The van der Waals surface area contributed by atoms with E-state index >= 15 is 0 Å². The molecule has 0 saturated heterocycles. The molecular formula is C6H8ClN3O. The first-order valence-electron chi connectivity index (χ1n) is 3.09. The Morgan fingerprint density at radius 2 is 2.45 bits per heavy atom. The van der Waals surface area contributed by atoms with Crippen LogP contribution in [0, 0.1) is 0 Å². The number of nitrogens with two attached hydrogens (primary N) is 1. The van der Waals surface area contributed by atoms with Crippen LogP contribution in [0.2, 0.25) is 5.15 Å². The van der Waals surface area contributed by atoms with Crippen molar-refractivity contribution in [2.24, 2.45) is 5.73 Å². The standard InChI is InChI=1S/C6H8ClN3O/c7-5-1-2-9-6(10-5)4(8)3-11/h1-2,4,11H,3,8H2. The summed E-state index contributed by atoms with van der Waals surface area (Å²) in [7, 11) is 0. The minimum Gasteiger partial charge on any atom is -0.394 e. The van der Waals surface area contributed by atoms with E-state index < -0.39 is 6.04 Å². The van der Waals surface area contributed by atoms with Gasteiger partial charge in [-0.15, -0.1) is 0 Å². The number of rotatable bonds is 2. The van der Waals surface area contributed by atoms with Crippen molar-refractivity contribution in [3.05, 3.63) is 23.2 Å². The number of aliphatic hydroxyl groups excluding tert-OH is 1. The second-order valence-electron chi connectivity index (χ2n) is 2.03.